The molecule has 2 heterocycles. The van der Waals surface area contributed by atoms with Crippen molar-refractivity contribution in [3.05, 3.63) is 29.6 Å². The van der Waals surface area contributed by atoms with Crippen molar-refractivity contribution in [1.82, 2.24) is 19.5 Å². The average molecular weight is 440 g/mol. The summed E-state index contributed by atoms with van der Waals surface area (Å²) >= 11 is 1.23. The highest BCUT2D eigenvalue weighted by Gasteiger charge is 2.26. The minimum atomic E-state index is -3.62. The molecule has 0 unspecified atom stereocenters. The first-order valence-corrected chi connectivity index (χ1v) is 11.8. The van der Waals surface area contributed by atoms with Crippen LogP contribution in [0.3, 0.4) is 0 Å². The molecule has 158 valence electrons. The summed E-state index contributed by atoms with van der Waals surface area (Å²) in [7, 11) is -3.62. The predicted molar refractivity (Wildman–Crippen MR) is 110 cm³/mol. The molecule has 0 saturated carbocycles. The molecule has 1 saturated heterocycles. The number of nitrogens with one attached hydrogen (secondary N) is 2. The van der Waals surface area contributed by atoms with E-state index in [4.69, 9.17) is 4.74 Å². The van der Waals surface area contributed by atoms with Gasteiger partial charge < -0.3 is 10.1 Å². The summed E-state index contributed by atoms with van der Waals surface area (Å²) < 4.78 is 32.3. The maximum Gasteiger partial charge on any atom is 0.243 e. The minimum absolute atomic E-state index is 0.128. The van der Waals surface area contributed by atoms with E-state index < -0.39 is 10.0 Å². The van der Waals surface area contributed by atoms with Crippen LogP contribution in [0, 0.1) is 6.92 Å². The van der Waals surface area contributed by atoms with Crippen molar-refractivity contribution in [1.29, 1.82) is 0 Å². The van der Waals surface area contributed by atoms with Crippen LogP contribution in [0.2, 0.25) is 0 Å². The van der Waals surface area contributed by atoms with Crippen molar-refractivity contribution in [2.75, 3.05) is 37.4 Å². The van der Waals surface area contributed by atoms with Gasteiger partial charge in [0.25, 0.3) is 0 Å². The monoisotopic (exact) mass is 439 g/mol. The lowest BCUT2D eigenvalue weighted by molar-refractivity contribution is -0.113. The quantitative estimate of drug-likeness (QED) is 0.603. The molecule has 3 rings (SSSR count). The van der Waals surface area contributed by atoms with Gasteiger partial charge in [-0.15, -0.1) is 5.10 Å². The first-order valence-electron chi connectivity index (χ1n) is 9.42. The Kier molecular flexibility index (Phi) is 7.28. The number of sulfonamides is 1. The molecular formula is C18H25N5O4S2. The van der Waals surface area contributed by atoms with Crippen LogP contribution in [-0.2, 0) is 26.0 Å². The molecule has 2 N–H and O–H groups in total. The molecule has 1 aromatic heterocycles. The number of rotatable bonds is 8. The summed E-state index contributed by atoms with van der Waals surface area (Å²) in [6.07, 6.45) is 1.77. The van der Waals surface area contributed by atoms with Crippen molar-refractivity contribution < 1.29 is 17.9 Å². The number of aromatic amines is 1. The van der Waals surface area contributed by atoms with Crippen molar-refractivity contribution >= 4 is 33.4 Å². The Labute approximate surface area is 174 Å². The number of hydrogen-bond acceptors (Lipinski definition) is 7. The van der Waals surface area contributed by atoms with Crippen LogP contribution >= 0.6 is 11.8 Å². The fraction of sp³-hybridized carbons (Fsp3) is 0.500. The highest BCUT2D eigenvalue weighted by molar-refractivity contribution is 7.99. The Morgan fingerprint density at radius 2 is 2.10 bits per heavy atom. The van der Waals surface area contributed by atoms with E-state index in [-0.39, 0.29) is 16.6 Å². The standard InChI is InChI=1S/C18H25N5O4S2/c1-3-4-16-20-18(22-21-16)28-12-17(24)19-15-11-14(6-5-13(15)2)29(25,26)23-7-9-27-10-8-23/h5-6,11H,3-4,7-10,12H2,1-2H3,(H,19,24)(H,20,21,22). The fourth-order valence-electron chi connectivity index (χ4n) is 2.84. The third-order valence-electron chi connectivity index (χ3n) is 4.42. The highest BCUT2D eigenvalue weighted by atomic mass is 32.2. The number of benzene rings is 1. The molecule has 0 spiro atoms. The summed E-state index contributed by atoms with van der Waals surface area (Å²) in [5, 5.41) is 10.2. The van der Waals surface area contributed by atoms with Crippen LogP contribution in [-0.4, -0.2) is 65.9 Å². The van der Waals surface area contributed by atoms with Crippen LogP contribution in [0.4, 0.5) is 5.69 Å². The molecule has 1 amide bonds. The molecule has 0 bridgehead atoms. The van der Waals surface area contributed by atoms with Gasteiger partial charge >= 0.3 is 0 Å². The molecule has 0 aliphatic carbocycles. The molecule has 11 heteroatoms. The van der Waals surface area contributed by atoms with Gasteiger partial charge in [0, 0.05) is 25.2 Å². The van der Waals surface area contributed by atoms with Crippen LogP contribution in [0.5, 0.6) is 0 Å². The number of aromatic nitrogens is 3. The van der Waals surface area contributed by atoms with Crippen LogP contribution in [0.25, 0.3) is 0 Å². The molecule has 1 aliphatic rings. The molecule has 1 aliphatic heterocycles. The number of anilines is 1. The zero-order chi connectivity index (χ0) is 20.9. The fourth-order valence-corrected chi connectivity index (χ4v) is 4.89. The van der Waals surface area contributed by atoms with E-state index in [1.807, 2.05) is 6.92 Å². The molecule has 0 radical (unpaired) electrons. The van der Waals surface area contributed by atoms with E-state index in [2.05, 4.69) is 27.4 Å². The average Bonchev–Trinajstić information content (AvgIpc) is 3.16. The number of nitrogens with zero attached hydrogens (tertiary/aromatic N) is 3. The van der Waals surface area contributed by atoms with Crippen LogP contribution in [0.1, 0.15) is 24.7 Å². The first kappa shape index (κ1) is 21.8. The number of amides is 1. The summed E-state index contributed by atoms with van der Waals surface area (Å²) in [6, 6.07) is 4.77. The van der Waals surface area contributed by atoms with Gasteiger partial charge in [0.15, 0.2) is 0 Å². The number of carbonyl (C=O) groups is 1. The van der Waals surface area contributed by atoms with Crippen molar-refractivity contribution in [2.45, 2.75) is 36.7 Å². The number of thioether (sulfide) groups is 1. The second-order valence-electron chi connectivity index (χ2n) is 6.64. The second-order valence-corrected chi connectivity index (χ2v) is 9.53. The number of aryl methyl sites for hydroxylation is 2. The lowest BCUT2D eigenvalue weighted by Gasteiger charge is -2.26. The zero-order valence-electron chi connectivity index (χ0n) is 16.5. The van der Waals surface area contributed by atoms with E-state index in [1.165, 1.54) is 22.1 Å². The van der Waals surface area contributed by atoms with Gasteiger partial charge in [-0.2, -0.15) is 4.31 Å². The normalized spacial score (nSPS) is 15.4. The van der Waals surface area contributed by atoms with Gasteiger partial charge in [0.2, 0.25) is 21.1 Å². The number of H-pyrrole nitrogens is 1. The van der Waals surface area contributed by atoms with Gasteiger partial charge in [-0.25, -0.2) is 13.4 Å². The largest absolute Gasteiger partial charge is 0.379 e. The lowest BCUT2D eigenvalue weighted by Crippen LogP contribution is -2.40. The third kappa shape index (κ3) is 5.56. The zero-order valence-corrected chi connectivity index (χ0v) is 18.1. The van der Waals surface area contributed by atoms with Gasteiger partial charge in [-0.1, -0.05) is 24.8 Å². The van der Waals surface area contributed by atoms with E-state index in [9.17, 15) is 13.2 Å². The third-order valence-corrected chi connectivity index (χ3v) is 7.16. The molecule has 0 atom stereocenters. The highest BCUT2D eigenvalue weighted by Crippen LogP contribution is 2.24. The van der Waals surface area contributed by atoms with E-state index >= 15 is 0 Å². The molecular weight excluding hydrogens is 414 g/mol. The van der Waals surface area contributed by atoms with Crippen LogP contribution in [0.15, 0.2) is 28.3 Å². The Bertz CT molecular complexity index is 955. The maximum absolute atomic E-state index is 12.8. The summed E-state index contributed by atoms with van der Waals surface area (Å²) in [5.41, 5.74) is 1.26. The maximum atomic E-state index is 12.8. The summed E-state index contributed by atoms with van der Waals surface area (Å²) in [4.78, 5) is 16.8. The Hall–Kier alpha value is -1.95. The number of morpholine rings is 1. The first-order chi connectivity index (χ1) is 13.9. The van der Waals surface area contributed by atoms with Gasteiger partial charge in [-0.3, -0.25) is 9.89 Å². The van der Waals surface area contributed by atoms with Crippen molar-refractivity contribution in [3.8, 4) is 0 Å². The Morgan fingerprint density at radius 1 is 1.34 bits per heavy atom. The molecule has 29 heavy (non-hydrogen) atoms. The SMILES string of the molecule is CCCc1nc(SCC(=O)Nc2cc(S(=O)(=O)N3CCOCC3)ccc2C)n[nH]1. The van der Waals surface area contributed by atoms with Gasteiger partial charge in [0.1, 0.15) is 5.82 Å². The smallest absolute Gasteiger partial charge is 0.243 e. The topological polar surface area (TPSA) is 117 Å². The Morgan fingerprint density at radius 3 is 2.83 bits per heavy atom. The second kappa shape index (κ2) is 9.70. The van der Waals surface area contributed by atoms with Gasteiger partial charge in [0.05, 0.1) is 23.9 Å². The summed E-state index contributed by atoms with van der Waals surface area (Å²) in [5.74, 6) is 0.677. The van der Waals surface area contributed by atoms with Gasteiger partial charge in [-0.05, 0) is 31.0 Å². The Balaban J connectivity index is 1.65. The minimum Gasteiger partial charge on any atom is -0.379 e. The molecule has 1 fully saturated rings. The number of hydrogen-bond donors (Lipinski definition) is 2. The number of carbonyl (C=O) groups excluding carboxylic acids is 1. The lowest BCUT2D eigenvalue weighted by atomic mass is 10.2. The van der Waals surface area contributed by atoms with E-state index in [1.54, 1.807) is 12.1 Å². The van der Waals surface area contributed by atoms with Crippen molar-refractivity contribution in [3.63, 3.8) is 0 Å². The molecule has 1 aromatic carbocycles. The van der Waals surface area contributed by atoms with E-state index in [0.29, 0.717) is 37.1 Å². The van der Waals surface area contributed by atoms with Crippen LogP contribution < -0.4 is 5.32 Å². The number of ether oxygens (including phenoxy) is 1. The predicted octanol–water partition coefficient (Wildman–Crippen LogP) is 1.82. The molecule has 2 aromatic rings. The molecule has 9 nitrogen and oxygen atoms in total. The van der Waals surface area contributed by atoms with E-state index in [0.717, 1.165) is 24.2 Å². The summed E-state index contributed by atoms with van der Waals surface area (Å²) in [6.45, 7) is 5.29. The van der Waals surface area contributed by atoms with Crippen molar-refractivity contribution in [2.24, 2.45) is 0 Å².